The number of ether oxygens (including phenoxy) is 1. The Kier molecular flexibility index (Phi) is 10.1. The van der Waals surface area contributed by atoms with Gasteiger partial charge in [0.25, 0.3) is 0 Å². The van der Waals surface area contributed by atoms with Crippen molar-refractivity contribution in [3.05, 3.63) is 65.5 Å². The standard InChI is InChI=1S/C28H38FN3O3/c1-20(2)19-35-25-9-5-22(6-10-25)18-31-28(34)26(17-21-3-7-24(29)8-4-21)23-11-14-32(15-12-23)16-13-27(30)33/h3-10,20,23,26H,11-19H2,1-2H3,(H2,30,33)(H,31,34). The number of rotatable bonds is 12. The van der Waals surface area contributed by atoms with Gasteiger partial charge < -0.3 is 20.7 Å². The number of amides is 2. The van der Waals surface area contributed by atoms with E-state index in [1.807, 2.05) is 24.3 Å². The van der Waals surface area contributed by atoms with Crippen LogP contribution in [0.25, 0.3) is 0 Å². The van der Waals surface area contributed by atoms with Crippen LogP contribution >= 0.6 is 0 Å². The maximum absolute atomic E-state index is 13.4. The number of carbonyl (C=O) groups excluding carboxylic acids is 2. The molecule has 0 aromatic heterocycles. The van der Waals surface area contributed by atoms with E-state index in [0.29, 0.717) is 38.5 Å². The van der Waals surface area contributed by atoms with Crippen LogP contribution in [0, 0.1) is 23.6 Å². The van der Waals surface area contributed by atoms with Crippen LogP contribution in [0.3, 0.4) is 0 Å². The highest BCUT2D eigenvalue weighted by molar-refractivity contribution is 5.79. The van der Waals surface area contributed by atoms with Gasteiger partial charge >= 0.3 is 0 Å². The number of carbonyl (C=O) groups is 2. The second kappa shape index (κ2) is 13.2. The molecule has 0 aliphatic carbocycles. The van der Waals surface area contributed by atoms with Gasteiger partial charge in [-0.2, -0.15) is 0 Å². The number of nitrogens with one attached hydrogen (secondary N) is 1. The zero-order chi connectivity index (χ0) is 25.2. The highest BCUT2D eigenvalue weighted by atomic mass is 19.1. The smallest absolute Gasteiger partial charge is 0.223 e. The molecule has 1 unspecified atom stereocenters. The van der Waals surface area contributed by atoms with Crippen LogP contribution in [0.1, 0.15) is 44.2 Å². The SMILES string of the molecule is CC(C)COc1ccc(CNC(=O)C(Cc2ccc(F)cc2)C2CCN(CCC(N)=O)CC2)cc1. The van der Waals surface area contributed by atoms with Crippen molar-refractivity contribution < 1.29 is 18.7 Å². The second-order valence-corrected chi connectivity index (χ2v) is 9.90. The van der Waals surface area contributed by atoms with Crippen LogP contribution in [0.4, 0.5) is 4.39 Å². The van der Waals surface area contributed by atoms with Crippen molar-refractivity contribution in [3.8, 4) is 5.75 Å². The lowest BCUT2D eigenvalue weighted by atomic mass is 9.80. The fourth-order valence-corrected chi connectivity index (χ4v) is 4.48. The van der Waals surface area contributed by atoms with Crippen LogP contribution in [0.15, 0.2) is 48.5 Å². The molecule has 2 amide bonds. The molecule has 3 rings (SSSR count). The highest BCUT2D eigenvalue weighted by Gasteiger charge is 2.31. The summed E-state index contributed by atoms with van der Waals surface area (Å²) in [5.74, 6) is 0.751. The monoisotopic (exact) mass is 483 g/mol. The minimum atomic E-state index is -0.291. The summed E-state index contributed by atoms with van der Waals surface area (Å²) < 4.78 is 19.1. The molecule has 0 bridgehead atoms. The first-order valence-electron chi connectivity index (χ1n) is 12.5. The zero-order valence-corrected chi connectivity index (χ0v) is 20.8. The minimum absolute atomic E-state index is 0.0186. The summed E-state index contributed by atoms with van der Waals surface area (Å²) in [4.78, 5) is 26.7. The molecule has 1 aliphatic heterocycles. The quantitative estimate of drug-likeness (QED) is 0.479. The maximum atomic E-state index is 13.4. The molecular weight excluding hydrogens is 445 g/mol. The Bertz CT molecular complexity index is 939. The molecular formula is C28H38FN3O3. The van der Waals surface area contributed by atoms with Gasteiger partial charge in [0.1, 0.15) is 11.6 Å². The van der Waals surface area contributed by atoms with Gasteiger partial charge in [0.05, 0.1) is 6.61 Å². The lowest BCUT2D eigenvalue weighted by Crippen LogP contribution is -2.42. The molecule has 7 heteroatoms. The third-order valence-electron chi connectivity index (χ3n) is 6.55. The van der Waals surface area contributed by atoms with Crippen molar-refractivity contribution in [3.63, 3.8) is 0 Å². The molecule has 35 heavy (non-hydrogen) atoms. The van der Waals surface area contributed by atoms with Crippen molar-refractivity contribution in [1.82, 2.24) is 10.2 Å². The minimum Gasteiger partial charge on any atom is -0.493 e. The molecule has 190 valence electrons. The van der Waals surface area contributed by atoms with E-state index in [9.17, 15) is 14.0 Å². The molecule has 2 aromatic carbocycles. The predicted octanol–water partition coefficient (Wildman–Crippen LogP) is 3.92. The largest absolute Gasteiger partial charge is 0.493 e. The van der Waals surface area contributed by atoms with Gasteiger partial charge in [-0.3, -0.25) is 9.59 Å². The first-order valence-corrected chi connectivity index (χ1v) is 12.5. The van der Waals surface area contributed by atoms with Crippen LogP contribution in [-0.4, -0.2) is 43.0 Å². The number of benzene rings is 2. The summed E-state index contributed by atoms with van der Waals surface area (Å²) >= 11 is 0. The number of hydrogen-bond acceptors (Lipinski definition) is 4. The van der Waals surface area contributed by atoms with E-state index in [2.05, 4.69) is 24.1 Å². The normalized spacial score (nSPS) is 15.7. The topological polar surface area (TPSA) is 84.7 Å². The molecule has 1 aliphatic rings. The average molecular weight is 484 g/mol. The Balaban J connectivity index is 1.60. The summed E-state index contributed by atoms with van der Waals surface area (Å²) in [6.07, 6.45) is 2.67. The Labute approximate surface area is 208 Å². The third-order valence-corrected chi connectivity index (χ3v) is 6.55. The lowest BCUT2D eigenvalue weighted by molar-refractivity contribution is -0.127. The van der Waals surface area contributed by atoms with Crippen molar-refractivity contribution in [2.24, 2.45) is 23.5 Å². The molecule has 0 saturated carbocycles. The summed E-state index contributed by atoms with van der Waals surface area (Å²) in [5.41, 5.74) is 7.25. The Morgan fingerprint density at radius 2 is 1.69 bits per heavy atom. The molecule has 0 radical (unpaired) electrons. The van der Waals surface area contributed by atoms with Crippen molar-refractivity contribution in [2.75, 3.05) is 26.2 Å². The van der Waals surface area contributed by atoms with Crippen LogP contribution in [0.2, 0.25) is 0 Å². The molecule has 0 spiro atoms. The lowest BCUT2D eigenvalue weighted by Gasteiger charge is -2.35. The van der Waals surface area contributed by atoms with E-state index in [1.165, 1.54) is 12.1 Å². The average Bonchev–Trinajstić information content (AvgIpc) is 2.85. The molecule has 1 atom stereocenters. The van der Waals surface area contributed by atoms with Gasteiger partial charge in [-0.05, 0) is 79.6 Å². The molecule has 3 N–H and O–H groups in total. The van der Waals surface area contributed by atoms with Crippen LogP contribution < -0.4 is 15.8 Å². The highest BCUT2D eigenvalue weighted by Crippen LogP contribution is 2.29. The summed E-state index contributed by atoms with van der Waals surface area (Å²) in [6.45, 7) is 7.66. The number of primary amides is 1. The predicted molar refractivity (Wildman–Crippen MR) is 135 cm³/mol. The molecule has 2 aromatic rings. The number of halogens is 1. The van der Waals surface area contributed by atoms with Gasteiger partial charge in [-0.25, -0.2) is 4.39 Å². The molecule has 1 saturated heterocycles. The number of piperidine rings is 1. The fraction of sp³-hybridized carbons (Fsp3) is 0.500. The Hall–Kier alpha value is -2.93. The number of nitrogens with zero attached hydrogens (tertiary/aromatic N) is 1. The van der Waals surface area contributed by atoms with Crippen LogP contribution in [0.5, 0.6) is 5.75 Å². The van der Waals surface area contributed by atoms with Gasteiger partial charge in [-0.15, -0.1) is 0 Å². The summed E-state index contributed by atoms with van der Waals surface area (Å²) in [6, 6.07) is 14.2. The summed E-state index contributed by atoms with van der Waals surface area (Å²) in [5, 5.41) is 3.12. The number of nitrogens with two attached hydrogens (primary N) is 1. The first-order chi connectivity index (χ1) is 16.8. The molecule has 1 heterocycles. The zero-order valence-electron chi connectivity index (χ0n) is 20.8. The fourth-order valence-electron chi connectivity index (χ4n) is 4.48. The van der Waals surface area contributed by atoms with Gasteiger partial charge in [0.2, 0.25) is 11.8 Å². The van der Waals surface area contributed by atoms with Crippen LogP contribution in [-0.2, 0) is 22.6 Å². The third kappa shape index (κ3) is 8.98. The van der Waals surface area contributed by atoms with E-state index < -0.39 is 0 Å². The van der Waals surface area contributed by atoms with Gasteiger partial charge in [0, 0.05) is 25.4 Å². The van der Waals surface area contributed by atoms with Crippen molar-refractivity contribution >= 4 is 11.8 Å². The second-order valence-electron chi connectivity index (χ2n) is 9.90. The van der Waals surface area contributed by atoms with E-state index in [-0.39, 0.29) is 29.5 Å². The van der Waals surface area contributed by atoms with E-state index in [4.69, 9.17) is 10.5 Å². The number of likely N-dealkylation sites (tertiary alicyclic amines) is 1. The Morgan fingerprint density at radius 3 is 2.29 bits per heavy atom. The molecule has 6 nitrogen and oxygen atoms in total. The van der Waals surface area contributed by atoms with Gasteiger partial charge in [0.15, 0.2) is 0 Å². The van der Waals surface area contributed by atoms with Crippen molar-refractivity contribution in [1.29, 1.82) is 0 Å². The van der Waals surface area contributed by atoms with E-state index >= 15 is 0 Å². The first kappa shape index (κ1) is 26.7. The van der Waals surface area contributed by atoms with E-state index in [0.717, 1.165) is 42.8 Å². The maximum Gasteiger partial charge on any atom is 0.223 e. The Morgan fingerprint density at radius 1 is 1.06 bits per heavy atom. The molecule has 1 fully saturated rings. The van der Waals surface area contributed by atoms with Crippen molar-refractivity contribution in [2.45, 2.75) is 46.1 Å². The summed E-state index contributed by atoms with van der Waals surface area (Å²) in [7, 11) is 0. The van der Waals surface area contributed by atoms with Gasteiger partial charge in [-0.1, -0.05) is 38.1 Å². The van der Waals surface area contributed by atoms with E-state index in [1.54, 1.807) is 12.1 Å². The number of hydrogen-bond donors (Lipinski definition) is 2.